The van der Waals surface area contributed by atoms with Crippen LogP contribution in [0.3, 0.4) is 0 Å². The average Bonchev–Trinajstić information content (AvgIpc) is 2.30. The van der Waals surface area contributed by atoms with Crippen LogP contribution in [0.2, 0.25) is 0 Å². The van der Waals surface area contributed by atoms with E-state index in [9.17, 15) is 8.76 Å². The van der Waals surface area contributed by atoms with Crippen molar-refractivity contribution < 1.29 is 8.76 Å². The third-order valence-corrected chi connectivity index (χ3v) is 3.64. The molecule has 0 aliphatic carbocycles. The summed E-state index contributed by atoms with van der Waals surface area (Å²) in [5.74, 6) is 0. The van der Waals surface area contributed by atoms with Gasteiger partial charge in [0.25, 0.3) is 0 Å². The first kappa shape index (κ1) is 11.6. The molecule has 5 heteroatoms. The molecule has 1 heterocycles. The van der Waals surface area contributed by atoms with E-state index in [0.717, 1.165) is 13.1 Å². The number of hydrogen-bond donors (Lipinski definition) is 0. The quantitative estimate of drug-likeness (QED) is 0.721. The van der Waals surface area contributed by atoms with Crippen LogP contribution in [0.25, 0.3) is 0 Å². The lowest BCUT2D eigenvalue weighted by Crippen LogP contribution is -2.46. The van der Waals surface area contributed by atoms with Crippen LogP contribution in [0.1, 0.15) is 5.56 Å². The number of nitrogens with zero attached hydrogens (tertiary/aromatic N) is 2. The molecule has 1 aliphatic rings. The molecule has 1 saturated heterocycles. The van der Waals surface area contributed by atoms with Crippen LogP contribution in [0.15, 0.2) is 24.3 Å². The number of anilines is 1. The van der Waals surface area contributed by atoms with Gasteiger partial charge in [0.1, 0.15) is 0 Å². The van der Waals surface area contributed by atoms with E-state index in [1.165, 1.54) is 15.6 Å². The summed E-state index contributed by atoms with van der Waals surface area (Å²) < 4.78 is 23.0. The van der Waals surface area contributed by atoms with E-state index in [1.54, 1.807) is 0 Å². The van der Waals surface area contributed by atoms with E-state index >= 15 is 0 Å². The molecule has 4 nitrogen and oxygen atoms in total. The second kappa shape index (κ2) is 4.95. The van der Waals surface area contributed by atoms with Gasteiger partial charge in [0, 0.05) is 43.1 Å². The standard InChI is InChI=1S/C11H16N2O2S/c1-10-2-4-11(5-3-10)12-6-8-13(9-7-12)16(14)15/h2-5H,6-9H2,1H3,(H,14,15)/p-1. The molecule has 0 aromatic heterocycles. The molecule has 1 fully saturated rings. The number of benzene rings is 1. The van der Waals surface area contributed by atoms with E-state index in [-0.39, 0.29) is 0 Å². The number of aryl methyl sites for hydroxylation is 1. The van der Waals surface area contributed by atoms with Crippen LogP contribution in [-0.4, -0.2) is 39.2 Å². The fourth-order valence-corrected chi connectivity index (χ4v) is 2.31. The molecule has 1 aromatic carbocycles. The summed E-state index contributed by atoms with van der Waals surface area (Å²) in [5, 5.41) is 0. The van der Waals surface area contributed by atoms with E-state index in [4.69, 9.17) is 0 Å². The van der Waals surface area contributed by atoms with Gasteiger partial charge in [-0.25, -0.2) is 4.31 Å². The van der Waals surface area contributed by atoms with Crippen LogP contribution in [-0.2, 0) is 11.3 Å². The Morgan fingerprint density at radius 1 is 1.12 bits per heavy atom. The van der Waals surface area contributed by atoms with Gasteiger partial charge >= 0.3 is 0 Å². The highest BCUT2D eigenvalue weighted by atomic mass is 32.2. The third-order valence-electron chi connectivity index (χ3n) is 2.85. The average molecular weight is 239 g/mol. The zero-order valence-electron chi connectivity index (χ0n) is 9.26. The lowest BCUT2D eigenvalue weighted by molar-refractivity contribution is 0.366. The molecular weight excluding hydrogens is 224 g/mol. The largest absolute Gasteiger partial charge is 0.760 e. The first-order valence-corrected chi connectivity index (χ1v) is 6.36. The second-order valence-electron chi connectivity index (χ2n) is 3.97. The van der Waals surface area contributed by atoms with Crippen molar-refractivity contribution in [2.75, 3.05) is 31.1 Å². The van der Waals surface area contributed by atoms with Crippen LogP contribution in [0.5, 0.6) is 0 Å². The van der Waals surface area contributed by atoms with Crippen molar-refractivity contribution in [1.29, 1.82) is 0 Å². The highest BCUT2D eigenvalue weighted by Crippen LogP contribution is 2.17. The normalized spacial score (nSPS) is 19.8. The smallest absolute Gasteiger partial charge is 0.0367 e. The van der Waals surface area contributed by atoms with Crippen molar-refractivity contribution in [3.8, 4) is 0 Å². The molecule has 1 unspecified atom stereocenters. The summed E-state index contributed by atoms with van der Waals surface area (Å²) >= 11 is -2.07. The van der Waals surface area contributed by atoms with Crippen LogP contribution in [0, 0.1) is 6.92 Å². The van der Waals surface area contributed by atoms with Gasteiger partial charge in [-0.15, -0.1) is 0 Å². The molecule has 1 aliphatic heterocycles. The Bertz CT molecular complexity index is 372. The summed E-state index contributed by atoms with van der Waals surface area (Å²) in [5.41, 5.74) is 2.41. The highest BCUT2D eigenvalue weighted by molar-refractivity contribution is 7.76. The Hall–Kier alpha value is -0.910. The third kappa shape index (κ3) is 2.61. The highest BCUT2D eigenvalue weighted by Gasteiger charge is 2.17. The minimum atomic E-state index is -2.07. The van der Waals surface area contributed by atoms with Crippen molar-refractivity contribution in [2.24, 2.45) is 0 Å². The van der Waals surface area contributed by atoms with Gasteiger partial charge in [-0.3, -0.25) is 4.21 Å². The summed E-state index contributed by atoms with van der Waals surface area (Å²) in [6.45, 7) is 4.73. The Kier molecular flexibility index (Phi) is 3.58. The summed E-state index contributed by atoms with van der Waals surface area (Å²) in [6, 6.07) is 8.32. The van der Waals surface area contributed by atoms with Crippen molar-refractivity contribution in [2.45, 2.75) is 6.92 Å². The van der Waals surface area contributed by atoms with Gasteiger partial charge < -0.3 is 9.45 Å². The summed E-state index contributed by atoms with van der Waals surface area (Å²) in [4.78, 5) is 2.21. The Morgan fingerprint density at radius 2 is 1.69 bits per heavy atom. The first-order chi connectivity index (χ1) is 7.66. The maximum absolute atomic E-state index is 10.7. The van der Waals surface area contributed by atoms with Gasteiger partial charge in [0.2, 0.25) is 0 Å². The summed E-state index contributed by atoms with van der Waals surface area (Å²) in [6.07, 6.45) is 0. The number of hydrogen-bond acceptors (Lipinski definition) is 3. The van der Waals surface area contributed by atoms with E-state index in [0.29, 0.717) is 13.1 Å². The molecule has 0 spiro atoms. The predicted octanol–water partition coefficient (Wildman–Crippen LogP) is 0.911. The Labute approximate surface area is 98.3 Å². The molecule has 0 saturated carbocycles. The van der Waals surface area contributed by atoms with Gasteiger partial charge in [-0.05, 0) is 19.1 Å². The van der Waals surface area contributed by atoms with Gasteiger partial charge in [-0.1, -0.05) is 17.7 Å². The van der Waals surface area contributed by atoms with Crippen molar-refractivity contribution in [3.05, 3.63) is 29.8 Å². The van der Waals surface area contributed by atoms with Gasteiger partial charge in [0.15, 0.2) is 0 Å². The minimum Gasteiger partial charge on any atom is -0.760 e. The fraction of sp³-hybridized carbons (Fsp3) is 0.455. The molecule has 2 rings (SSSR count). The van der Waals surface area contributed by atoms with Crippen molar-refractivity contribution in [3.63, 3.8) is 0 Å². The monoisotopic (exact) mass is 239 g/mol. The van der Waals surface area contributed by atoms with Crippen LogP contribution < -0.4 is 4.90 Å². The zero-order chi connectivity index (χ0) is 11.5. The van der Waals surface area contributed by atoms with Crippen LogP contribution in [0.4, 0.5) is 5.69 Å². The van der Waals surface area contributed by atoms with E-state index in [1.807, 2.05) is 0 Å². The molecule has 88 valence electrons. The molecule has 0 radical (unpaired) electrons. The summed E-state index contributed by atoms with van der Waals surface area (Å²) in [7, 11) is 0. The second-order valence-corrected chi connectivity index (χ2v) is 4.92. The van der Waals surface area contributed by atoms with Crippen molar-refractivity contribution in [1.82, 2.24) is 4.31 Å². The first-order valence-electron chi connectivity index (χ1n) is 5.33. The number of piperazine rings is 1. The molecule has 0 bridgehead atoms. The molecule has 1 atom stereocenters. The van der Waals surface area contributed by atoms with Gasteiger partial charge in [-0.2, -0.15) is 0 Å². The van der Waals surface area contributed by atoms with Crippen molar-refractivity contribution >= 4 is 17.0 Å². The SMILES string of the molecule is Cc1ccc(N2CCN(S(=O)[O-])CC2)cc1. The molecule has 16 heavy (non-hydrogen) atoms. The van der Waals surface area contributed by atoms with Gasteiger partial charge in [0.05, 0.1) is 0 Å². The zero-order valence-corrected chi connectivity index (χ0v) is 10.1. The lowest BCUT2D eigenvalue weighted by Gasteiger charge is -2.36. The minimum absolute atomic E-state index is 0.573. The Morgan fingerprint density at radius 3 is 2.19 bits per heavy atom. The number of rotatable bonds is 2. The Balaban J connectivity index is 1.99. The molecule has 0 amide bonds. The maximum atomic E-state index is 10.7. The predicted molar refractivity (Wildman–Crippen MR) is 63.9 cm³/mol. The molecular formula is C11H15N2O2S-. The maximum Gasteiger partial charge on any atom is 0.0367 e. The van der Waals surface area contributed by atoms with E-state index < -0.39 is 11.3 Å². The molecule has 0 N–H and O–H groups in total. The van der Waals surface area contributed by atoms with E-state index in [2.05, 4.69) is 36.1 Å². The topological polar surface area (TPSA) is 46.6 Å². The lowest BCUT2D eigenvalue weighted by atomic mass is 10.2. The van der Waals surface area contributed by atoms with Crippen LogP contribution >= 0.6 is 0 Å². The molecule has 1 aromatic rings. The fourth-order valence-electron chi connectivity index (χ4n) is 1.85.